The van der Waals surface area contributed by atoms with Crippen LogP contribution in [0.1, 0.15) is 20.8 Å². The van der Waals surface area contributed by atoms with Gasteiger partial charge in [0.25, 0.3) is 0 Å². The van der Waals surface area contributed by atoms with Crippen molar-refractivity contribution < 1.29 is 9.53 Å². The summed E-state index contributed by atoms with van der Waals surface area (Å²) in [7, 11) is 0. The molecule has 0 aromatic rings. The molecule has 14 heavy (non-hydrogen) atoms. The van der Waals surface area contributed by atoms with Crippen molar-refractivity contribution in [1.82, 2.24) is 0 Å². The van der Waals surface area contributed by atoms with Gasteiger partial charge in [0.15, 0.2) is 5.44 Å². The fourth-order valence-electron chi connectivity index (χ4n) is 1.04. The Bertz CT molecular complexity index is 240. The third kappa shape index (κ3) is 3.24. The van der Waals surface area contributed by atoms with Crippen molar-refractivity contribution in [2.45, 2.75) is 36.7 Å². The lowest BCUT2D eigenvalue weighted by Gasteiger charge is -2.30. The second-order valence-electron chi connectivity index (χ2n) is 3.49. The van der Waals surface area contributed by atoms with E-state index in [1.54, 1.807) is 18.7 Å². The summed E-state index contributed by atoms with van der Waals surface area (Å²) in [5.74, 6) is 0.611. The highest BCUT2D eigenvalue weighted by Crippen LogP contribution is 2.36. The van der Waals surface area contributed by atoms with Crippen LogP contribution in [0.2, 0.25) is 0 Å². The Balaban J connectivity index is 2.40. The number of hydrogen-bond acceptors (Lipinski definition) is 4. The third-order valence-electron chi connectivity index (χ3n) is 2.11. The highest BCUT2D eigenvalue weighted by Gasteiger charge is 2.28. The van der Waals surface area contributed by atoms with Gasteiger partial charge in [0.1, 0.15) is 0 Å². The summed E-state index contributed by atoms with van der Waals surface area (Å²) in [6.45, 7) is 9.62. The number of rotatable bonds is 2. The Labute approximate surface area is 93.8 Å². The molecule has 0 aliphatic carbocycles. The molecule has 3 atom stereocenters. The second kappa shape index (κ2) is 5.12. The second-order valence-corrected chi connectivity index (χ2v) is 6.45. The van der Waals surface area contributed by atoms with Crippen molar-refractivity contribution in [1.29, 1.82) is 0 Å². The first-order valence-corrected chi connectivity index (χ1v) is 6.63. The Morgan fingerprint density at radius 1 is 1.43 bits per heavy atom. The predicted molar refractivity (Wildman–Crippen MR) is 63.7 cm³/mol. The van der Waals surface area contributed by atoms with Crippen LogP contribution in [0.5, 0.6) is 0 Å². The Morgan fingerprint density at radius 3 is 2.57 bits per heavy atom. The Morgan fingerprint density at radius 2 is 2.07 bits per heavy atom. The van der Waals surface area contributed by atoms with Crippen molar-refractivity contribution in [3.8, 4) is 0 Å². The lowest BCUT2D eigenvalue weighted by Crippen LogP contribution is -2.29. The van der Waals surface area contributed by atoms with Crippen LogP contribution < -0.4 is 0 Å². The summed E-state index contributed by atoms with van der Waals surface area (Å²) in [4.78, 5) is 11.3. The SMILES string of the molecule is C=C(C)C(=O)OC1CSC(C)C(C)S1. The molecule has 2 nitrogen and oxygen atoms in total. The summed E-state index contributed by atoms with van der Waals surface area (Å²) < 4.78 is 5.28. The summed E-state index contributed by atoms with van der Waals surface area (Å²) >= 11 is 3.60. The number of thioether (sulfide) groups is 2. The Hall–Kier alpha value is -0.0900. The topological polar surface area (TPSA) is 26.3 Å². The molecule has 0 aromatic carbocycles. The maximum atomic E-state index is 11.3. The van der Waals surface area contributed by atoms with E-state index in [1.807, 2.05) is 11.8 Å². The van der Waals surface area contributed by atoms with Crippen LogP contribution in [0.4, 0.5) is 0 Å². The summed E-state index contributed by atoms with van der Waals surface area (Å²) in [5.41, 5.74) is 0.470. The highest BCUT2D eigenvalue weighted by molar-refractivity contribution is 8.07. The summed E-state index contributed by atoms with van der Waals surface area (Å²) in [5, 5.41) is 1.18. The maximum Gasteiger partial charge on any atom is 0.334 e. The number of esters is 1. The zero-order valence-corrected chi connectivity index (χ0v) is 10.4. The van der Waals surface area contributed by atoms with Gasteiger partial charge in [-0.05, 0) is 6.92 Å². The predicted octanol–water partition coefficient (Wildman–Crippen LogP) is 2.69. The molecule has 1 heterocycles. The van der Waals surface area contributed by atoms with Crippen LogP contribution in [-0.2, 0) is 9.53 Å². The molecule has 1 rings (SSSR count). The minimum atomic E-state index is -0.273. The van der Waals surface area contributed by atoms with Crippen molar-refractivity contribution in [3.05, 3.63) is 12.2 Å². The van der Waals surface area contributed by atoms with E-state index in [2.05, 4.69) is 20.4 Å². The first-order valence-electron chi connectivity index (χ1n) is 4.64. The molecule has 0 aromatic heterocycles. The van der Waals surface area contributed by atoms with E-state index in [0.29, 0.717) is 16.1 Å². The van der Waals surface area contributed by atoms with Gasteiger partial charge in [-0.15, -0.1) is 11.8 Å². The normalized spacial score (nSPS) is 32.4. The molecule has 1 saturated heterocycles. The lowest BCUT2D eigenvalue weighted by molar-refractivity contribution is -0.139. The van der Waals surface area contributed by atoms with Gasteiger partial charge in [0.2, 0.25) is 0 Å². The molecular formula is C10H16O2S2. The van der Waals surface area contributed by atoms with E-state index < -0.39 is 0 Å². The zero-order chi connectivity index (χ0) is 10.7. The molecule has 4 heteroatoms. The Kier molecular flexibility index (Phi) is 4.38. The number of hydrogen-bond donors (Lipinski definition) is 0. The molecule has 0 radical (unpaired) electrons. The first-order chi connectivity index (χ1) is 6.50. The monoisotopic (exact) mass is 232 g/mol. The average Bonchev–Trinajstić information content (AvgIpc) is 2.11. The van der Waals surface area contributed by atoms with E-state index in [4.69, 9.17) is 4.74 Å². The van der Waals surface area contributed by atoms with E-state index in [1.165, 1.54) is 0 Å². The molecule has 0 N–H and O–H groups in total. The summed E-state index contributed by atoms with van der Waals surface area (Å²) in [6.07, 6.45) is 0. The molecule has 0 amide bonds. The molecule has 1 aliphatic heterocycles. The number of carbonyl (C=O) groups is 1. The van der Waals surface area contributed by atoms with E-state index in [-0.39, 0.29) is 11.4 Å². The highest BCUT2D eigenvalue weighted by atomic mass is 32.2. The van der Waals surface area contributed by atoms with Crippen LogP contribution in [0.3, 0.4) is 0 Å². The van der Waals surface area contributed by atoms with Gasteiger partial charge in [-0.1, -0.05) is 20.4 Å². The fourth-order valence-corrected chi connectivity index (χ4v) is 3.66. The molecular weight excluding hydrogens is 216 g/mol. The van der Waals surface area contributed by atoms with Crippen LogP contribution in [0.25, 0.3) is 0 Å². The van der Waals surface area contributed by atoms with Crippen molar-refractivity contribution in [2.75, 3.05) is 5.75 Å². The minimum Gasteiger partial charge on any atom is -0.447 e. The van der Waals surface area contributed by atoms with Crippen molar-refractivity contribution >= 4 is 29.5 Å². The van der Waals surface area contributed by atoms with E-state index in [9.17, 15) is 4.79 Å². The molecule has 3 unspecified atom stereocenters. The van der Waals surface area contributed by atoms with Gasteiger partial charge in [-0.25, -0.2) is 4.79 Å². The van der Waals surface area contributed by atoms with Crippen LogP contribution in [0.15, 0.2) is 12.2 Å². The van der Waals surface area contributed by atoms with Gasteiger partial charge in [-0.2, -0.15) is 11.8 Å². The summed E-state index contributed by atoms with van der Waals surface area (Å²) in [6, 6.07) is 0. The van der Waals surface area contributed by atoms with E-state index in [0.717, 1.165) is 5.75 Å². The largest absolute Gasteiger partial charge is 0.447 e. The van der Waals surface area contributed by atoms with Gasteiger partial charge in [0.05, 0.1) is 0 Å². The van der Waals surface area contributed by atoms with Crippen molar-refractivity contribution in [2.24, 2.45) is 0 Å². The fraction of sp³-hybridized carbons (Fsp3) is 0.700. The molecule has 1 aliphatic rings. The van der Waals surface area contributed by atoms with Gasteiger partial charge >= 0.3 is 5.97 Å². The van der Waals surface area contributed by atoms with Gasteiger partial charge in [0, 0.05) is 21.8 Å². The molecule has 80 valence electrons. The molecule has 0 saturated carbocycles. The smallest absolute Gasteiger partial charge is 0.334 e. The molecule has 0 spiro atoms. The van der Waals surface area contributed by atoms with E-state index >= 15 is 0 Å². The lowest BCUT2D eigenvalue weighted by atomic mass is 10.4. The third-order valence-corrected chi connectivity index (χ3v) is 5.33. The molecule has 0 bridgehead atoms. The maximum absolute atomic E-state index is 11.3. The number of ether oxygens (including phenoxy) is 1. The van der Waals surface area contributed by atoms with Gasteiger partial charge < -0.3 is 4.74 Å². The standard InChI is InChI=1S/C10H16O2S2/c1-6(2)10(11)12-9-5-13-7(3)8(4)14-9/h7-9H,1,5H2,2-4H3. The number of carbonyl (C=O) groups excluding carboxylic acids is 1. The minimum absolute atomic E-state index is 0.00426. The van der Waals surface area contributed by atoms with Crippen molar-refractivity contribution in [3.63, 3.8) is 0 Å². The first kappa shape index (κ1) is 12.0. The van der Waals surface area contributed by atoms with Crippen LogP contribution in [-0.4, -0.2) is 27.7 Å². The van der Waals surface area contributed by atoms with Crippen LogP contribution >= 0.6 is 23.5 Å². The van der Waals surface area contributed by atoms with Gasteiger partial charge in [-0.3, -0.25) is 0 Å². The average molecular weight is 232 g/mol. The quantitative estimate of drug-likeness (QED) is 0.540. The van der Waals surface area contributed by atoms with Crippen LogP contribution in [0, 0.1) is 0 Å². The zero-order valence-electron chi connectivity index (χ0n) is 8.78. The molecule has 1 fully saturated rings.